The molecule has 2 aromatic rings. The second-order valence-electron chi connectivity index (χ2n) is 4.25. The van der Waals surface area contributed by atoms with Crippen LogP contribution in [-0.2, 0) is 6.54 Å². The Bertz CT molecular complexity index is 513. The van der Waals surface area contributed by atoms with Gasteiger partial charge in [-0.15, -0.1) is 0 Å². The summed E-state index contributed by atoms with van der Waals surface area (Å²) in [4.78, 5) is 0. The maximum atomic E-state index is 13.6. The van der Waals surface area contributed by atoms with Crippen LogP contribution < -0.4 is 5.32 Å². The molecule has 0 unspecified atom stereocenters. The number of halogens is 2. The van der Waals surface area contributed by atoms with Crippen LogP contribution in [0, 0.1) is 5.82 Å². The Morgan fingerprint density at radius 1 is 1.17 bits per heavy atom. The second kappa shape index (κ2) is 6.12. The molecule has 0 aliphatic heterocycles. The molecule has 0 bridgehead atoms. The van der Waals surface area contributed by atoms with Crippen molar-refractivity contribution in [3.05, 3.63) is 69.9 Å². The molecule has 0 radical (unpaired) electrons. The lowest BCUT2D eigenvalue weighted by Crippen LogP contribution is -2.18. The molecule has 1 N–H and O–H groups in total. The van der Waals surface area contributed by atoms with Gasteiger partial charge in [0.25, 0.3) is 0 Å². The molecule has 0 saturated carbocycles. The first-order valence-corrected chi connectivity index (χ1v) is 6.68. The fourth-order valence-electron chi connectivity index (χ4n) is 1.79. The van der Waals surface area contributed by atoms with Gasteiger partial charge in [-0.1, -0.05) is 52.3 Å². The molecule has 0 heterocycles. The summed E-state index contributed by atoms with van der Waals surface area (Å²) in [6, 6.07) is 15.5. The van der Waals surface area contributed by atoms with Crippen molar-refractivity contribution in [1.29, 1.82) is 0 Å². The number of hydrogen-bond donors (Lipinski definition) is 1. The Labute approximate surface area is 115 Å². The van der Waals surface area contributed by atoms with Crippen molar-refractivity contribution in [2.45, 2.75) is 19.5 Å². The van der Waals surface area contributed by atoms with E-state index < -0.39 is 0 Å². The standard InChI is InChI=1S/C15H15BrFN/c1-11(12-5-3-2-4-6-12)18-10-13-7-8-14(16)9-15(13)17/h2-9,11,18H,10H2,1H3/t11-/m1/s1. The van der Waals surface area contributed by atoms with Gasteiger partial charge in [-0.2, -0.15) is 0 Å². The van der Waals surface area contributed by atoms with Crippen molar-refractivity contribution in [3.63, 3.8) is 0 Å². The van der Waals surface area contributed by atoms with E-state index in [4.69, 9.17) is 0 Å². The van der Waals surface area contributed by atoms with E-state index in [2.05, 4.69) is 40.3 Å². The Balaban J connectivity index is 1.99. The topological polar surface area (TPSA) is 12.0 Å². The van der Waals surface area contributed by atoms with E-state index in [-0.39, 0.29) is 11.9 Å². The first-order valence-electron chi connectivity index (χ1n) is 5.89. The van der Waals surface area contributed by atoms with Gasteiger partial charge < -0.3 is 5.32 Å². The van der Waals surface area contributed by atoms with E-state index in [0.717, 1.165) is 4.47 Å². The monoisotopic (exact) mass is 307 g/mol. The second-order valence-corrected chi connectivity index (χ2v) is 5.16. The van der Waals surface area contributed by atoms with Crippen LogP contribution in [0.25, 0.3) is 0 Å². The van der Waals surface area contributed by atoms with E-state index in [1.54, 1.807) is 6.07 Å². The van der Waals surface area contributed by atoms with Crippen LogP contribution >= 0.6 is 15.9 Å². The average molecular weight is 308 g/mol. The lowest BCUT2D eigenvalue weighted by atomic mass is 10.1. The Hall–Kier alpha value is -1.19. The van der Waals surface area contributed by atoms with Gasteiger partial charge in [0, 0.05) is 22.6 Å². The number of nitrogens with one attached hydrogen (secondary N) is 1. The molecule has 2 aromatic carbocycles. The van der Waals surface area contributed by atoms with Crippen molar-refractivity contribution >= 4 is 15.9 Å². The summed E-state index contributed by atoms with van der Waals surface area (Å²) in [6.07, 6.45) is 0. The molecule has 2 rings (SSSR count). The highest BCUT2D eigenvalue weighted by Crippen LogP contribution is 2.17. The SMILES string of the molecule is C[C@@H](NCc1ccc(Br)cc1F)c1ccccc1. The Kier molecular flexibility index (Phi) is 4.50. The minimum Gasteiger partial charge on any atom is -0.306 e. The Morgan fingerprint density at radius 3 is 2.56 bits per heavy atom. The van der Waals surface area contributed by atoms with Crippen molar-refractivity contribution in [3.8, 4) is 0 Å². The fraction of sp³-hybridized carbons (Fsp3) is 0.200. The van der Waals surface area contributed by atoms with Gasteiger partial charge >= 0.3 is 0 Å². The summed E-state index contributed by atoms with van der Waals surface area (Å²) in [5.74, 6) is -0.183. The molecule has 18 heavy (non-hydrogen) atoms. The molecule has 0 aromatic heterocycles. The molecule has 94 valence electrons. The minimum absolute atomic E-state index is 0.183. The highest BCUT2D eigenvalue weighted by Gasteiger charge is 2.06. The quantitative estimate of drug-likeness (QED) is 0.880. The molecular weight excluding hydrogens is 293 g/mol. The van der Waals surface area contributed by atoms with Gasteiger partial charge in [-0.3, -0.25) is 0 Å². The molecular formula is C15H15BrFN. The third-order valence-electron chi connectivity index (χ3n) is 2.91. The van der Waals surface area contributed by atoms with E-state index in [9.17, 15) is 4.39 Å². The van der Waals surface area contributed by atoms with Crippen molar-refractivity contribution in [2.75, 3.05) is 0 Å². The van der Waals surface area contributed by atoms with Crippen molar-refractivity contribution in [1.82, 2.24) is 5.32 Å². The molecule has 1 atom stereocenters. The predicted octanol–water partition coefficient (Wildman–Crippen LogP) is 4.44. The van der Waals surface area contributed by atoms with E-state index in [0.29, 0.717) is 12.1 Å². The highest BCUT2D eigenvalue weighted by molar-refractivity contribution is 9.10. The van der Waals surface area contributed by atoms with Crippen molar-refractivity contribution in [2.24, 2.45) is 0 Å². The summed E-state index contributed by atoms with van der Waals surface area (Å²) in [7, 11) is 0. The third-order valence-corrected chi connectivity index (χ3v) is 3.41. The number of benzene rings is 2. The molecule has 0 aliphatic rings. The molecule has 1 nitrogen and oxygen atoms in total. The molecule has 3 heteroatoms. The van der Waals surface area contributed by atoms with Gasteiger partial charge in [0.1, 0.15) is 5.82 Å². The van der Waals surface area contributed by atoms with E-state index in [1.807, 2.05) is 24.3 Å². The zero-order chi connectivity index (χ0) is 13.0. The summed E-state index contributed by atoms with van der Waals surface area (Å²) in [5.41, 5.74) is 1.89. The zero-order valence-corrected chi connectivity index (χ0v) is 11.7. The minimum atomic E-state index is -0.183. The number of hydrogen-bond acceptors (Lipinski definition) is 1. The molecule has 0 spiro atoms. The third kappa shape index (κ3) is 3.40. The molecule has 0 aliphatic carbocycles. The predicted molar refractivity (Wildman–Crippen MR) is 75.8 cm³/mol. The highest BCUT2D eigenvalue weighted by atomic mass is 79.9. The normalized spacial score (nSPS) is 12.4. The Morgan fingerprint density at radius 2 is 1.89 bits per heavy atom. The summed E-state index contributed by atoms with van der Waals surface area (Å²) >= 11 is 3.25. The lowest BCUT2D eigenvalue weighted by Gasteiger charge is -2.14. The van der Waals surface area contributed by atoms with Crippen LogP contribution in [0.5, 0.6) is 0 Å². The first-order chi connectivity index (χ1) is 8.66. The van der Waals surface area contributed by atoms with Gasteiger partial charge in [0.15, 0.2) is 0 Å². The first kappa shape index (κ1) is 13.2. The molecule has 0 fully saturated rings. The van der Waals surface area contributed by atoms with Crippen LogP contribution in [-0.4, -0.2) is 0 Å². The van der Waals surface area contributed by atoms with Gasteiger partial charge in [0.05, 0.1) is 0 Å². The van der Waals surface area contributed by atoms with Gasteiger partial charge in [0.2, 0.25) is 0 Å². The summed E-state index contributed by atoms with van der Waals surface area (Å²) < 4.78 is 14.4. The molecule has 0 saturated heterocycles. The summed E-state index contributed by atoms with van der Waals surface area (Å²) in [6.45, 7) is 2.60. The maximum absolute atomic E-state index is 13.6. The largest absolute Gasteiger partial charge is 0.306 e. The van der Waals surface area contributed by atoms with E-state index in [1.165, 1.54) is 11.6 Å². The number of rotatable bonds is 4. The summed E-state index contributed by atoms with van der Waals surface area (Å²) in [5, 5.41) is 3.32. The average Bonchev–Trinajstić information content (AvgIpc) is 2.38. The lowest BCUT2D eigenvalue weighted by molar-refractivity contribution is 0.544. The smallest absolute Gasteiger partial charge is 0.128 e. The van der Waals surface area contributed by atoms with Crippen LogP contribution in [0.1, 0.15) is 24.1 Å². The molecule has 0 amide bonds. The van der Waals surface area contributed by atoms with Gasteiger partial charge in [-0.25, -0.2) is 4.39 Å². The van der Waals surface area contributed by atoms with E-state index >= 15 is 0 Å². The zero-order valence-electron chi connectivity index (χ0n) is 10.2. The van der Waals surface area contributed by atoms with Crippen LogP contribution in [0.15, 0.2) is 53.0 Å². The van der Waals surface area contributed by atoms with Crippen LogP contribution in [0.4, 0.5) is 4.39 Å². The fourth-order valence-corrected chi connectivity index (χ4v) is 2.12. The van der Waals surface area contributed by atoms with Gasteiger partial charge in [-0.05, 0) is 24.6 Å². The van der Waals surface area contributed by atoms with Crippen molar-refractivity contribution < 1.29 is 4.39 Å². The van der Waals surface area contributed by atoms with Crippen LogP contribution in [0.2, 0.25) is 0 Å². The maximum Gasteiger partial charge on any atom is 0.128 e. The van der Waals surface area contributed by atoms with Crippen LogP contribution in [0.3, 0.4) is 0 Å².